The Labute approximate surface area is 113 Å². The van der Waals surface area contributed by atoms with Gasteiger partial charge in [0.1, 0.15) is 0 Å². The number of aliphatic hydroxyl groups is 1. The lowest BCUT2D eigenvalue weighted by Gasteiger charge is -2.14. The highest BCUT2D eigenvalue weighted by Gasteiger charge is 2.13. The molecule has 18 heavy (non-hydrogen) atoms. The van der Waals surface area contributed by atoms with E-state index in [9.17, 15) is 9.90 Å². The van der Waals surface area contributed by atoms with Gasteiger partial charge in [-0.25, -0.2) is 0 Å². The first kappa shape index (κ1) is 15.1. The summed E-state index contributed by atoms with van der Waals surface area (Å²) in [4.78, 5) is 11.7. The van der Waals surface area contributed by atoms with E-state index in [2.05, 4.69) is 5.32 Å². The zero-order valence-electron chi connectivity index (χ0n) is 10.9. The third-order valence-electron chi connectivity index (χ3n) is 2.69. The van der Waals surface area contributed by atoms with E-state index in [0.717, 1.165) is 11.3 Å². The van der Waals surface area contributed by atoms with E-state index in [1.165, 1.54) is 0 Å². The Morgan fingerprint density at radius 2 is 2.06 bits per heavy atom. The number of hydrogen-bond acceptors (Lipinski definition) is 3. The Bertz CT molecular complexity index is 356. The van der Waals surface area contributed by atoms with Gasteiger partial charge >= 0.3 is 0 Å². The Morgan fingerprint density at radius 3 is 2.67 bits per heavy atom. The summed E-state index contributed by atoms with van der Waals surface area (Å²) in [5.74, 6) is 0.807. The maximum absolute atomic E-state index is 11.7. The van der Waals surface area contributed by atoms with E-state index in [-0.39, 0.29) is 11.8 Å². The molecular formula is C14H21NO2S. The van der Waals surface area contributed by atoms with Crippen molar-refractivity contribution in [3.63, 3.8) is 0 Å². The molecule has 0 saturated carbocycles. The van der Waals surface area contributed by atoms with Crippen LogP contribution in [0, 0.1) is 5.92 Å². The van der Waals surface area contributed by atoms with Crippen LogP contribution in [0.1, 0.15) is 12.5 Å². The Hall–Kier alpha value is -1.00. The molecule has 0 heterocycles. The van der Waals surface area contributed by atoms with Gasteiger partial charge in [0.25, 0.3) is 0 Å². The second-order valence-electron chi connectivity index (χ2n) is 4.45. The minimum absolute atomic E-state index is 0.0103. The lowest BCUT2D eigenvalue weighted by atomic mass is 10.1. The summed E-state index contributed by atoms with van der Waals surface area (Å²) >= 11 is 1.65. The van der Waals surface area contributed by atoms with Crippen molar-refractivity contribution in [2.24, 2.45) is 5.92 Å². The maximum Gasteiger partial charge on any atom is 0.223 e. The Kier molecular flexibility index (Phi) is 6.83. The minimum Gasteiger partial charge on any atom is -0.391 e. The van der Waals surface area contributed by atoms with Crippen LogP contribution in [-0.2, 0) is 11.2 Å². The van der Waals surface area contributed by atoms with Crippen LogP contribution in [0.3, 0.4) is 0 Å². The van der Waals surface area contributed by atoms with Crippen molar-refractivity contribution in [2.75, 3.05) is 18.6 Å². The number of nitrogens with one attached hydrogen (secondary N) is 1. The third-order valence-corrected chi connectivity index (χ3v) is 3.52. The number of thioether (sulfide) groups is 1. The zero-order chi connectivity index (χ0) is 13.4. The quantitative estimate of drug-likeness (QED) is 0.790. The third kappa shape index (κ3) is 5.56. The molecule has 4 heteroatoms. The van der Waals surface area contributed by atoms with Crippen LogP contribution in [-0.4, -0.2) is 35.7 Å². The van der Waals surface area contributed by atoms with Crippen LogP contribution < -0.4 is 5.32 Å². The van der Waals surface area contributed by atoms with E-state index in [4.69, 9.17) is 0 Å². The van der Waals surface area contributed by atoms with E-state index in [1.54, 1.807) is 11.8 Å². The molecular weight excluding hydrogens is 246 g/mol. The van der Waals surface area contributed by atoms with Gasteiger partial charge in [-0.05, 0) is 11.8 Å². The van der Waals surface area contributed by atoms with Crippen molar-refractivity contribution in [2.45, 2.75) is 19.4 Å². The number of amides is 1. The molecule has 0 aromatic heterocycles. The Balaban J connectivity index is 2.29. The molecule has 3 nitrogen and oxygen atoms in total. The predicted octanol–water partition coefficient (Wildman–Crippen LogP) is 1.71. The molecule has 0 radical (unpaired) electrons. The number of benzene rings is 1. The van der Waals surface area contributed by atoms with Gasteiger partial charge < -0.3 is 10.4 Å². The number of carbonyl (C=O) groups is 1. The molecule has 1 amide bonds. The Morgan fingerprint density at radius 1 is 1.39 bits per heavy atom. The SMILES string of the molecule is CSCC(C)C(=O)NCC(O)Cc1ccccc1. The van der Waals surface area contributed by atoms with Gasteiger partial charge in [-0.2, -0.15) is 11.8 Å². The summed E-state index contributed by atoms with van der Waals surface area (Å²) < 4.78 is 0. The van der Waals surface area contributed by atoms with Crippen LogP contribution in [0.4, 0.5) is 0 Å². The standard InChI is InChI=1S/C14H21NO2S/c1-11(10-18-2)14(17)15-9-13(16)8-12-6-4-3-5-7-12/h3-7,11,13,16H,8-10H2,1-2H3,(H,15,17). The highest BCUT2D eigenvalue weighted by molar-refractivity contribution is 7.98. The molecule has 0 aliphatic rings. The zero-order valence-corrected chi connectivity index (χ0v) is 11.7. The van der Waals surface area contributed by atoms with Gasteiger partial charge in [-0.3, -0.25) is 4.79 Å². The second kappa shape index (κ2) is 8.16. The van der Waals surface area contributed by atoms with Gasteiger partial charge in [0.15, 0.2) is 0 Å². The molecule has 2 atom stereocenters. The largest absolute Gasteiger partial charge is 0.391 e. The molecule has 0 aliphatic heterocycles. The fourth-order valence-electron chi connectivity index (χ4n) is 1.68. The topological polar surface area (TPSA) is 49.3 Å². The monoisotopic (exact) mass is 267 g/mol. The van der Waals surface area contributed by atoms with Crippen molar-refractivity contribution < 1.29 is 9.90 Å². The second-order valence-corrected chi connectivity index (χ2v) is 5.36. The van der Waals surface area contributed by atoms with Gasteiger partial charge in [0.05, 0.1) is 6.10 Å². The molecule has 0 saturated heterocycles. The van der Waals surface area contributed by atoms with Crippen molar-refractivity contribution in [1.82, 2.24) is 5.32 Å². The lowest BCUT2D eigenvalue weighted by molar-refractivity contribution is -0.124. The predicted molar refractivity (Wildman–Crippen MR) is 76.7 cm³/mol. The summed E-state index contributed by atoms with van der Waals surface area (Å²) in [5, 5.41) is 12.6. The maximum atomic E-state index is 11.7. The van der Waals surface area contributed by atoms with Crippen LogP contribution in [0.2, 0.25) is 0 Å². The number of rotatable bonds is 7. The highest BCUT2D eigenvalue weighted by Crippen LogP contribution is 2.05. The smallest absolute Gasteiger partial charge is 0.223 e. The highest BCUT2D eigenvalue weighted by atomic mass is 32.2. The van der Waals surface area contributed by atoms with Crippen molar-refractivity contribution in [3.05, 3.63) is 35.9 Å². The van der Waals surface area contributed by atoms with Crippen molar-refractivity contribution >= 4 is 17.7 Å². The number of aliphatic hydroxyl groups excluding tert-OH is 1. The molecule has 2 unspecified atom stereocenters. The molecule has 1 rings (SSSR count). The van der Waals surface area contributed by atoms with Crippen LogP contribution >= 0.6 is 11.8 Å². The summed E-state index contributed by atoms with van der Waals surface area (Å²) in [6.45, 7) is 2.21. The van der Waals surface area contributed by atoms with Crippen LogP contribution in [0.25, 0.3) is 0 Å². The van der Waals surface area contributed by atoms with Crippen LogP contribution in [0.15, 0.2) is 30.3 Å². The fourth-order valence-corrected chi connectivity index (χ4v) is 2.33. The lowest BCUT2D eigenvalue weighted by Crippen LogP contribution is -2.37. The fraction of sp³-hybridized carbons (Fsp3) is 0.500. The first-order chi connectivity index (χ1) is 8.63. The van der Waals surface area contributed by atoms with Gasteiger partial charge in [0, 0.05) is 24.6 Å². The summed E-state index contributed by atoms with van der Waals surface area (Å²) in [6.07, 6.45) is 2.02. The molecule has 1 aromatic carbocycles. The van der Waals surface area contributed by atoms with Gasteiger partial charge in [0.2, 0.25) is 5.91 Å². The van der Waals surface area contributed by atoms with Crippen molar-refractivity contribution in [1.29, 1.82) is 0 Å². The van der Waals surface area contributed by atoms with Gasteiger partial charge in [-0.1, -0.05) is 37.3 Å². The first-order valence-electron chi connectivity index (χ1n) is 6.12. The first-order valence-corrected chi connectivity index (χ1v) is 7.51. The average molecular weight is 267 g/mol. The summed E-state index contributed by atoms with van der Waals surface area (Å²) in [6, 6.07) is 9.78. The summed E-state index contributed by atoms with van der Waals surface area (Å²) in [5.41, 5.74) is 1.08. The average Bonchev–Trinajstić information content (AvgIpc) is 2.37. The molecule has 100 valence electrons. The minimum atomic E-state index is -0.530. The van der Waals surface area contributed by atoms with E-state index < -0.39 is 6.10 Å². The number of carbonyl (C=O) groups excluding carboxylic acids is 1. The van der Waals surface area contributed by atoms with E-state index in [0.29, 0.717) is 13.0 Å². The van der Waals surface area contributed by atoms with Crippen molar-refractivity contribution in [3.8, 4) is 0 Å². The molecule has 0 spiro atoms. The molecule has 0 bridgehead atoms. The normalized spacial score (nSPS) is 13.9. The molecule has 0 aliphatic carbocycles. The van der Waals surface area contributed by atoms with Crippen LogP contribution in [0.5, 0.6) is 0 Å². The molecule has 0 fully saturated rings. The number of hydrogen-bond donors (Lipinski definition) is 2. The summed E-state index contributed by atoms with van der Waals surface area (Å²) in [7, 11) is 0. The molecule has 2 N–H and O–H groups in total. The van der Waals surface area contributed by atoms with E-state index in [1.807, 2.05) is 43.5 Å². The van der Waals surface area contributed by atoms with E-state index >= 15 is 0 Å². The van der Waals surface area contributed by atoms with Gasteiger partial charge in [-0.15, -0.1) is 0 Å². The molecule has 1 aromatic rings.